The van der Waals surface area contributed by atoms with Gasteiger partial charge in [-0.25, -0.2) is 9.59 Å². The largest absolute Gasteiger partial charge is 0.480 e. The highest BCUT2D eigenvalue weighted by Gasteiger charge is 2.24. The first kappa shape index (κ1) is 16.5. The van der Waals surface area contributed by atoms with Crippen LogP contribution in [0.4, 0.5) is 4.79 Å². The Bertz CT molecular complexity index is 311. The maximum atomic E-state index is 11.6. The Morgan fingerprint density at radius 1 is 1.39 bits per heavy atom. The van der Waals surface area contributed by atoms with Crippen LogP contribution in [0.3, 0.4) is 0 Å². The van der Waals surface area contributed by atoms with Gasteiger partial charge in [0.05, 0.1) is 0 Å². The molecule has 0 aromatic carbocycles. The summed E-state index contributed by atoms with van der Waals surface area (Å²) < 4.78 is 0. The number of aliphatic carboxylic acids is 1. The number of urea groups is 1. The van der Waals surface area contributed by atoms with E-state index in [-0.39, 0.29) is 11.8 Å². The Labute approximate surface area is 109 Å². The van der Waals surface area contributed by atoms with Crippen molar-refractivity contribution in [1.29, 1.82) is 0 Å². The fourth-order valence-electron chi connectivity index (χ4n) is 1.11. The maximum absolute atomic E-state index is 11.6. The standard InChI is InChI=1S/C13H24N2O3/c1-6-7-10(11(16)17)15-12(18)14-8-13(4,5)9(2)3/h6,9-10H,1,7-8H2,2-5H3,(H,16,17)(H2,14,15,18). The van der Waals surface area contributed by atoms with Crippen molar-refractivity contribution in [3.63, 3.8) is 0 Å². The second kappa shape index (κ2) is 7.03. The molecule has 2 amide bonds. The van der Waals surface area contributed by atoms with E-state index in [1.54, 1.807) is 0 Å². The molecule has 0 aromatic rings. The summed E-state index contributed by atoms with van der Waals surface area (Å²) in [5, 5.41) is 14.0. The van der Waals surface area contributed by atoms with Crippen LogP contribution in [0.5, 0.6) is 0 Å². The fourth-order valence-corrected chi connectivity index (χ4v) is 1.11. The van der Waals surface area contributed by atoms with Gasteiger partial charge in [-0.2, -0.15) is 0 Å². The van der Waals surface area contributed by atoms with Gasteiger partial charge >= 0.3 is 12.0 Å². The van der Waals surface area contributed by atoms with Gasteiger partial charge in [0, 0.05) is 6.54 Å². The van der Waals surface area contributed by atoms with Crippen molar-refractivity contribution >= 4 is 12.0 Å². The van der Waals surface area contributed by atoms with Gasteiger partial charge in [0.25, 0.3) is 0 Å². The third-order valence-electron chi connectivity index (χ3n) is 3.27. The van der Waals surface area contributed by atoms with Gasteiger partial charge < -0.3 is 15.7 Å². The van der Waals surface area contributed by atoms with Crippen molar-refractivity contribution in [3.8, 4) is 0 Å². The van der Waals surface area contributed by atoms with Gasteiger partial charge in [-0.3, -0.25) is 0 Å². The van der Waals surface area contributed by atoms with E-state index in [2.05, 4.69) is 44.9 Å². The minimum atomic E-state index is -1.06. The van der Waals surface area contributed by atoms with Crippen molar-refractivity contribution in [2.75, 3.05) is 6.54 Å². The Kier molecular flexibility index (Phi) is 6.44. The minimum absolute atomic E-state index is 0.0332. The number of hydrogen-bond donors (Lipinski definition) is 3. The average molecular weight is 256 g/mol. The molecule has 5 nitrogen and oxygen atoms in total. The summed E-state index contributed by atoms with van der Waals surface area (Å²) >= 11 is 0. The van der Waals surface area contributed by atoms with E-state index in [4.69, 9.17) is 5.11 Å². The first-order chi connectivity index (χ1) is 8.20. The molecule has 0 bridgehead atoms. The molecule has 0 aliphatic carbocycles. The molecule has 0 heterocycles. The lowest BCUT2D eigenvalue weighted by Gasteiger charge is -2.29. The van der Waals surface area contributed by atoms with E-state index >= 15 is 0 Å². The van der Waals surface area contributed by atoms with Crippen LogP contribution in [-0.4, -0.2) is 29.7 Å². The predicted octanol–water partition coefficient (Wildman–Crippen LogP) is 2.00. The molecule has 0 aliphatic rings. The monoisotopic (exact) mass is 256 g/mol. The smallest absolute Gasteiger partial charge is 0.326 e. The van der Waals surface area contributed by atoms with Crippen LogP contribution < -0.4 is 10.6 Å². The third-order valence-corrected chi connectivity index (χ3v) is 3.27. The molecule has 5 heteroatoms. The quantitative estimate of drug-likeness (QED) is 0.610. The van der Waals surface area contributed by atoms with Crippen LogP contribution in [0.2, 0.25) is 0 Å². The SMILES string of the molecule is C=CCC(NC(=O)NCC(C)(C)C(C)C)C(=O)O. The summed E-state index contributed by atoms with van der Waals surface area (Å²) in [6, 6.07) is -1.39. The Hall–Kier alpha value is -1.52. The molecule has 1 atom stereocenters. The molecule has 0 aliphatic heterocycles. The second-order valence-electron chi connectivity index (χ2n) is 5.39. The fraction of sp³-hybridized carbons (Fsp3) is 0.692. The van der Waals surface area contributed by atoms with E-state index < -0.39 is 18.0 Å². The van der Waals surface area contributed by atoms with E-state index in [0.717, 1.165) is 0 Å². The van der Waals surface area contributed by atoms with Crippen LogP contribution in [0.1, 0.15) is 34.1 Å². The van der Waals surface area contributed by atoms with Crippen molar-refractivity contribution in [2.45, 2.75) is 40.2 Å². The highest BCUT2D eigenvalue weighted by Crippen LogP contribution is 2.24. The lowest BCUT2D eigenvalue weighted by Crippen LogP contribution is -2.48. The van der Waals surface area contributed by atoms with Crippen LogP contribution in [-0.2, 0) is 4.79 Å². The first-order valence-corrected chi connectivity index (χ1v) is 6.08. The summed E-state index contributed by atoms with van der Waals surface area (Å²) in [6.45, 7) is 12.2. The average Bonchev–Trinajstić information content (AvgIpc) is 2.25. The Morgan fingerprint density at radius 2 is 1.94 bits per heavy atom. The molecule has 0 rings (SSSR count). The molecule has 0 spiro atoms. The van der Waals surface area contributed by atoms with Crippen LogP contribution in [0, 0.1) is 11.3 Å². The van der Waals surface area contributed by atoms with Crippen molar-refractivity contribution < 1.29 is 14.7 Å². The second-order valence-corrected chi connectivity index (χ2v) is 5.39. The van der Waals surface area contributed by atoms with Gasteiger partial charge in [0.2, 0.25) is 0 Å². The first-order valence-electron chi connectivity index (χ1n) is 6.08. The zero-order valence-corrected chi connectivity index (χ0v) is 11.6. The topological polar surface area (TPSA) is 78.4 Å². The molecule has 104 valence electrons. The van der Waals surface area contributed by atoms with E-state index in [1.165, 1.54) is 6.08 Å². The number of amides is 2. The van der Waals surface area contributed by atoms with E-state index in [9.17, 15) is 9.59 Å². The third kappa shape index (κ3) is 5.70. The van der Waals surface area contributed by atoms with Gasteiger partial charge in [-0.15, -0.1) is 6.58 Å². The predicted molar refractivity (Wildman–Crippen MR) is 71.4 cm³/mol. The van der Waals surface area contributed by atoms with Crippen LogP contribution in [0.25, 0.3) is 0 Å². The summed E-state index contributed by atoms with van der Waals surface area (Å²) in [5.74, 6) is -0.644. The lowest BCUT2D eigenvalue weighted by atomic mass is 9.81. The highest BCUT2D eigenvalue weighted by molar-refractivity contribution is 5.82. The number of carbonyl (C=O) groups excluding carboxylic acids is 1. The number of carbonyl (C=O) groups is 2. The molecule has 0 saturated heterocycles. The molecule has 0 saturated carbocycles. The van der Waals surface area contributed by atoms with E-state index in [1.807, 2.05) is 0 Å². The Balaban J connectivity index is 4.26. The minimum Gasteiger partial charge on any atom is -0.480 e. The van der Waals surface area contributed by atoms with Gasteiger partial charge in [0.15, 0.2) is 0 Å². The number of rotatable bonds is 7. The molecular formula is C13H24N2O3. The number of carboxylic acids is 1. The molecule has 18 heavy (non-hydrogen) atoms. The normalized spacial score (nSPS) is 12.9. The summed E-state index contributed by atoms with van der Waals surface area (Å²) in [7, 11) is 0. The Morgan fingerprint density at radius 3 is 2.33 bits per heavy atom. The van der Waals surface area contributed by atoms with Gasteiger partial charge in [-0.1, -0.05) is 33.8 Å². The van der Waals surface area contributed by atoms with Crippen molar-refractivity contribution in [3.05, 3.63) is 12.7 Å². The van der Waals surface area contributed by atoms with Crippen LogP contribution >= 0.6 is 0 Å². The van der Waals surface area contributed by atoms with Gasteiger partial charge in [0.1, 0.15) is 6.04 Å². The zero-order chi connectivity index (χ0) is 14.3. The van der Waals surface area contributed by atoms with Crippen molar-refractivity contribution in [1.82, 2.24) is 10.6 Å². The number of carboxylic acid groups (broad SMARTS) is 1. The summed E-state index contributed by atoms with van der Waals surface area (Å²) in [6.07, 6.45) is 1.67. The number of hydrogen-bond acceptors (Lipinski definition) is 2. The van der Waals surface area contributed by atoms with Crippen LogP contribution in [0.15, 0.2) is 12.7 Å². The van der Waals surface area contributed by atoms with Gasteiger partial charge in [-0.05, 0) is 17.8 Å². The summed E-state index contributed by atoms with van der Waals surface area (Å²) in [4.78, 5) is 22.4. The molecule has 0 radical (unpaired) electrons. The molecule has 0 fully saturated rings. The number of nitrogens with one attached hydrogen (secondary N) is 2. The summed E-state index contributed by atoms with van der Waals surface area (Å²) in [5.41, 5.74) is -0.0332. The maximum Gasteiger partial charge on any atom is 0.326 e. The molecular weight excluding hydrogens is 232 g/mol. The molecule has 1 unspecified atom stereocenters. The lowest BCUT2D eigenvalue weighted by molar-refractivity contribution is -0.139. The van der Waals surface area contributed by atoms with E-state index in [0.29, 0.717) is 12.5 Å². The van der Waals surface area contributed by atoms with Crippen molar-refractivity contribution in [2.24, 2.45) is 11.3 Å². The highest BCUT2D eigenvalue weighted by atomic mass is 16.4. The zero-order valence-electron chi connectivity index (χ0n) is 11.6. The molecule has 0 aromatic heterocycles. The molecule has 3 N–H and O–H groups in total.